The van der Waals surface area contributed by atoms with E-state index in [0.29, 0.717) is 12.5 Å². The van der Waals surface area contributed by atoms with Gasteiger partial charge in [0.1, 0.15) is 0 Å². The van der Waals surface area contributed by atoms with Crippen molar-refractivity contribution in [3.8, 4) is 0 Å². The molecule has 0 heterocycles. The summed E-state index contributed by atoms with van der Waals surface area (Å²) in [6.07, 6.45) is -3.83. The molecule has 0 saturated heterocycles. The number of nitro groups is 1. The van der Waals surface area contributed by atoms with Crippen molar-refractivity contribution in [2.24, 2.45) is 0 Å². The molecule has 0 radical (unpaired) electrons. The second-order valence-electron chi connectivity index (χ2n) is 3.81. The maximum Gasteiger partial charge on any atom is 0.416 e. The Balaban J connectivity index is 3.17. The summed E-state index contributed by atoms with van der Waals surface area (Å²) < 4.78 is 37.3. The zero-order valence-corrected chi connectivity index (χ0v) is 10.3. The molecule has 0 aromatic heterocycles. The minimum atomic E-state index is -4.59. The number of halogens is 4. The zero-order chi connectivity index (χ0) is 13.9. The van der Waals surface area contributed by atoms with Gasteiger partial charge in [-0.25, -0.2) is 0 Å². The van der Waals surface area contributed by atoms with Crippen molar-refractivity contribution in [3.05, 3.63) is 39.4 Å². The molecular weight excluding hydrogens is 271 g/mol. The van der Waals surface area contributed by atoms with Crippen LogP contribution in [0.5, 0.6) is 0 Å². The van der Waals surface area contributed by atoms with Crippen molar-refractivity contribution in [1.82, 2.24) is 0 Å². The largest absolute Gasteiger partial charge is 0.416 e. The highest BCUT2D eigenvalue weighted by Crippen LogP contribution is 2.33. The van der Waals surface area contributed by atoms with Gasteiger partial charge >= 0.3 is 6.18 Å². The van der Waals surface area contributed by atoms with E-state index < -0.39 is 22.4 Å². The molecule has 0 fully saturated rings. The molecule has 0 spiro atoms. The third-order valence-corrected chi connectivity index (χ3v) is 2.96. The molecule has 7 heteroatoms. The Kier molecular flexibility index (Phi) is 4.56. The standard InChI is InChI=1S/C11H11ClF3NO2/c1-2-9(12)5-7-3-4-8(11(13,14)15)6-10(7)16(17)18/h3-4,6,9H,2,5H2,1H3. The molecule has 1 rings (SSSR count). The minimum Gasteiger partial charge on any atom is -0.258 e. The maximum atomic E-state index is 12.4. The van der Waals surface area contributed by atoms with Crippen LogP contribution in [0.25, 0.3) is 0 Å². The molecule has 0 N–H and O–H groups in total. The first-order chi connectivity index (χ1) is 8.25. The van der Waals surface area contributed by atoms with Gasteiger partial charge in [0.05, 0.1) is 10.5 Å². The summed E-state index contributed by atoms with van der Waals surface area (Å²) in [6, 6.07) is 2.50. The van der Waals surface area contributed by atoms with Crippen LogP contribution < -0.4 is 0 Å². The fraction of sp³-hybridized carbons (Fsp3) is 0.455. The van der Waals surface area contributed by atoms with E-state index >= 15 is 0 Å². The SMILES string of the molecule is CCC(Cl)Cc1ccc(C(F)(F)F)cc1[N+](=O)[O-]. The van der Waals surface area contributed by atoms with Gasteiger partial charge < -0.3 is 0 Å². The van der Waals surface area contributed by atoms with E-state index in [1.807, 2.05) is 0 Å². The summed E-state index contributed by atoms with van der Waals surface area (Å²) in [7, 11) is 0. The Bertz CT molecular complexity index is 448. The summed E-state index contributed by atoms with van der Waals surface area (Å²) in [4.78, 5) is 9.95. The maximum absolute atomic E-state index is 12.4. The highest BCUT2D eigenvalue weighted by Gasteiger charge is 2.33. The summed E-state index contributed by atoms with van der Waals surface area (Å²) in [5.41, 5.74) is -1.35. The van der Waals surface area contributed by atoms with Crippen molar-refractivity contribution >= 4 is 17.3 Å². The Morgan fingerprint density at radius 2 is 2.06 bits per heavy atom. The van der Waals surface area contributed by atoms with Gasteiger partial charge in [-0.2, -0.15) is 13.2 Å². The highest BCUT2D eigenvalue weighted by molar-refractivity contribution is 6.20. The van der Waals surface area contributed by atoms with Crippen molar-refractivity contribution in [3.63, 3.8) is 0 Å². The predicted molar refractivity (Wildman–Crippen MR) is 61.7 cm³/mol. The minimum absolute atomic E-state index is 0.173. The molecular formula is C11H11ClF3NO2. The zero-order valence-electron chi connectivity index (χ0n) is 9.50. The third kappa shape index (κ3) is 3.60. The van der Waals surface area contributed by atoms with E-state index in [1.54, 1.807) is 6.92 Å². The number of hydrogen-bond acceptors (Lipinski definition) is 2. The van der Waals surface area contributed by atoms with E-state index in [9.17, 15) is 23.3 Å². The van der Waals surface area contributed by atoms with Gasteiger partial charge in [-0.1, -0.05) is 13.0 Å². The lowest BCUT2D eigenvalue weighted by Crippen LogP contribution is -2.09. The van der Waals surface area contributed by atoms with Gasteiger partial charge in [0.15, 0.2) is 0 Å². The number of alkyl halides is 4. The predicted octanol–water partition coefficient (Wildman–Crippen LogP) is 4.17. The van der Waals surface area contributed by atoms with E-state index in [4.69, 9.17) is 11.6 Å². The van der Waals surface area contributed by atoms with Gasteiger partial charge in [-0.05, 0) is 18.9 Å². The lowest BCUT2D eigenvalue weighted by Gasteiger charge is -2.10. The number of nitro benzene ring substituents is 1. The van der Waals surface area contributed by atoms with Crippen molar-refractivity contribution < 1.29 is 18.1 Å². The van der Waals surface area contributed by atoms with E-state index in [-0.39, 0.29) is 17.4 Å². The van der Waals surface area contributed by atoms with E-state index in [0.717, 1.165) is 12.1 Å². The van der Waals surface area contributed by atoms with Crippen molar-refractivity contribution in [2.75, 3.05) is 0 Å². The molecule has 1 aromatic rings. The molecule has 0 amide bonds. The Morgan fingerprint density at radius 1 is 1.44 bits per heavy atom. The molecule has 0 bridgehead atoms. The van der Waals surface area contributed by atoms with Crippen LogP contribution in [0.4, 0.5) is 18.9 Å². The Hall–Kier alpha value is -1.30. The molecule has 1 atom stereocenters. The second-order valence-corrected chi connectivity index (χ2v) is 4.43. The van der Waals surface area contributed by atoms with Gasteiger partial charge in [0, 0.05) is 17.0 Å². The number of benzene rings is 1. The van der Waals surface area contributed by atoms with Gasteiger partial charge in [0.25, 0.3) is 5.69 Å². The number of nitrogens with zero attached hydrogens (tertiary/aromatic N) is 1. The van der Waals surface area contributed by atoms with Crippen molar-refractivity contribution in [2.45, 2.75) is 31.3 Å². The monoisotopic (exact) mass is 281 g/mol. The lowest BCUT2D eigenvalue weighted by molar-refractivity contribution is -0.385. The first-order valence-corrected chi connectivity index (χ1v) is 5.68. The number of hydrogen-bond donors (Lipinski definition) is 0. The molecule has 100 valence electrons. The molecule has 0 aliphatic rings. The van der Waals surface area contributed by atoms with Gasteiger partial charge in [-0.3, -0.25) is 10.1 Å². The quantitative estimate of drug-likeness (QED) is 0.472. The van der Waals surface area contributed by atoms with E-state index in [1.165, 1.54) is 0 Å². The molecule has 1 aromatic carbocycles. The molecule has 1 unspecified atom stereocenters. The van der Waals surface area contributed by atoms with Crippen LogP contribution in [0.3, 0.4) is 0 Å². The topological polar surface area (TPSA) is 43.1 Å². The van der Waals surface area contributed by atoms with Crippen LogP contribution in [0.2, 0.25) is 0 Å². The summed E-state index contributed by atoms with van der Waals surface area (Å²) in [5, 5.41) is 10.4. The summed E-state index contributed by atoms with van der Waals surface area (Å²) in [6.45, 7) is 1.80. The lowest BCUT2D eigenvalue weighted by atomic mass is 10.0. The fourth-order valence-corrected chi connectivity index (χ4v) is 1.63. The van der Waals surface area contributed by atoms with Gasteiger partial charge in [-0.15, -0.1) is 11.6 Å². The molecule has 0 aliphatic heterocycles. The van der Waals surface area contributed by atoms with Crippen LogP contribution in [-0.2, 0) is 12.6 Å². The smallest absolute Gasteiger partial charge is 0.258 e. The molecule has 0 aliphatic carbocycles. The van der Waals surface area contributed by atoms with E-state index in [2.05, 4.69) is 0 Å². The first-order valence-electron chi connectivity index (χ1n) is 5.24. The molecule has 3 nitrogen and oxygen atoms in total. The van der Waals surface area contributed by atoms with Crippen molar-refractivity contribution in [1.29, 1.82) is 0 Å². The average molecular weight is 282 g/mol. The van der Waals surface area contributed by atoms with Crippen LogP contribution in [0, 0.1) is 10.1 Å². The van der Waals surface area contributed by atoms with Gasteiger partial charge in [0.2, 0.25) is 0 Å². The average Bonchev–Trinajstić information content (AvgIpc) is 2.27. The van der Waals surface area contributed by atoms with Crippen LogP contribution in [0.1, 0.15) is 24.5 Å². The van der Waals surface area contributed by atoms with Crippen LogP contribution in [0.15, 0.2) is 18.2 Å². The van der Waals surface area contributed by atoms with Crippen LogP contribution >= 0.6 is 11.6 Å². The number of rotatable bonds is 4. The first kappa shape index (κ1) is 14.8. The highest BCUT2D eigenvalue weighted by atomic mass is 35.5. The fourth-order valence-electron chi connectivity index (χ4n) is 1.47. The normalized spacial score (nSPS) is 13.4. The third-order valence-electron chi connectivity index (χ3n) is 2.49. The molecule has 18 heavy (non-hydrogen) atoms. The molecule has 0 saturated carbocycles. The Morgan fingerprint density at radius 3 is 2.50 bits per heavy atom. The Labute approximate surface area is 107 Å². The summed E-state index contributed by atoms with van der Waals surface area (Å²) >= 11 is 5.86. The summed E-state index contributed by atoms with van der Waals surface area (Å²) in [5.74, 6) is 0. The second kappa shape index (κ2) is 5.56. The van der Waals surface area contributed by atoms with Crippen LogP contribution in [-0.4, -0.2) is 10.3 Å².